The van der Waals surface area contributed by atoms with Gasteiger partial charge in [0.1, 0.15) is 0 Å². The highest BCUT2D eigenvalue weighted by atomic mass is 16.2. The Hall–Kier alpha value is -2.61. The number of likely N-dealkylation sites (tertiary alicyclic amines) is 1. The van der Waals surface area contributed by atoms with Gasteiger partial charge in [0, 0.05) is 11.5 Å². The quantitative estimate of drug-likeness (QED) is 0.708. The fourth-order valence-electron chi connectivity index (χ4n) is 4.98. The van der Waals surface area contributed by atoms with Gasteiger partial charge in [-0.1, -0.05) is 72.8 Å². The topological polar surface area (TPSA) is 20.3 Å². The van der Waals surface area contributed by atoms with Crippen LogP contribution < -0.4 is 0 Å². The molecule has 1 aliphatic carbocycles. The molecule has 0 unspecified atom stereocenters. The lowest BCUT2D eigenvalue weighted by Gasteiger charge is -2.37. The van der Waals surface area contributed by atoms with E-state index in [0.29, 0.717) is 6.42 Å². The summed E-state index contributed by atoms with van der Waals surface area (Å²) >= 11 is 0. The number of fused-ring (bicyclic) bond motifs is 3. The van der Waals surface area contributed by atoms with Crippen LogP contribution in [0.5, 0.6) is 0 Å². The molecule has 4 rings (SSSR count). The molecule has 1 fully saturated rings. The van der Waals surface area contributed by atoms with Gasteiger partial charge in [-0.3, -0.25) is 4.79 Å². The molecule has 1 aliphatic heterocycles. The van der Waals surface area contributed by atoms with Crippen LogP contribution in [0.15, 0.2) is 73.3 Å². The van der Waals surface area contributed by atoms with Crippen molar-refractivity contribution in [3.8, 4) is 0 Å². The molecule has 138 valence electrons. The molecule has 2 nitrogen and oxygen atoms in total. The average Bonchev–Trinajstić information content (AvgIpc) is 2.91. The Morgan fingerprint density at radius 3 is 2.41 bits per heavy atom. The highest BCUT2D eigenvalue weighted by molar-refractivity contribution is 5.95. The molecule has 0 radical (unpaired) electrons. The van der Waals surface area contributed by atoms with Crippen LogP contribution in [-0.2, 0) is 16.6 Å². The van der Waals surface area contributed by atoms with Crippen LogP contribution in [0, 0.1) is 5.92 Å². The lowest BCUT2D eigenvalue weighted by molar-refractivity contribution is -0.137. The van der Waals surface area contributed by atoms with E-state index in [1.165, 1.54) is 5.56 Å². The minimum absolute atomic E-state index is 0.00850. The van der Waals surface area contributed by atoms with Crippen molar-refractivity contribution in [3.63, 3.8) is 0 Å². The Morgan fingerprint density at radius 2 is 1.74 bits per heavy atom. The number of benzene rings is 2. The van der Waals surface area contributed by atoms with Gasteiger partial charge in [0.2, 0.25) is 5.91 Å². The van der Waals surface area contributed by atoms with Crippen molar-refractivity contribution in [3.05, 3.63) is 90.0 Å². The zero-order valence-corrected chi connectivity index (χ0v) is 16.4. The first-order chi connectivity index (χ1) is 12.9. The average molecular weight is 357 g/mol. The maximum absolute atomic E-state index is 14.1. The van der Waals surface area contributed by atoms with Gasteiger partial charge in [0.15, 0.2) is 0 Å². The summed E-state index contributed by atoms with van der Waals surface area (Å²) in [5, 5.41) is 0. The van der Waals surface area contributed by atoms with Crippen LogP contribution in [0.1, 0.15) is 37.5 Å². The second-order valence-electron chi connectivity index (χ2n) is 8.68. The third-order valence-corrected chi connectivity index (χ3v) is 6.05. The van der Waals surface area contributed by atoms with E-state index in [9.17, 15) is 4.79 Å². The van der Waals surface area contributed by atoms with Crippen LogP contribution in [0.4, 0.5) is 0 Å². The lowest BCUT2D eigenvalue weighted by atomic mass is 9.63. The summed E-state index contributed by atoms with van der Waals surface area (Å²) in [6, 6.07) is 18.7. The molecule has 1 amide bonds. The summed E-state index contributed by atoms with van der Waals surface area (Å²) in [5.41, 5.74) is 2.64. The molecule has 3 atom stereocenters. The zero-order chi connectivity index (χ0) is 19.2. The van der Waals surface area contributed by atoms with Crippen molar-refractivity contribution in [2.24, 2.45) is 5.92 Å². The first-order valence-corrected chi connectivity index (χ1v) is 9.67. The van der Waals surface area contributed by atoms with E-state index in [4.69, 9.17) is 0 Å². The molecule has 2 heteroatoms. The van der Waals surface area contributed by atoms with Gasteiger partial charge in [0.25, 0.3) is 0 Å². The fraction of sp³-hybridized carbons (Fsp3) is 0.320. The Labute approximate surface area is 162 Å². The van der Waals surface area contributed by atoms with E-state index in [1.54, 1.807) is 0 Å². The number of carbonyl (C=O) groups is 1. The number of amides is 1. The molecular formula is C25H27NO. The predicted octanol–water partition coefficient (Wildman–Crippen LogP) is 5.01. The summed E-state index contributed by atoms with van der Waals surface area (Å²) in [6.45, 7) is 10.4. The van der Waals surface area contributed by atoms with Gasteiger partial charge in [-0.15, -0.1) is 6.58 Å². The van der Waals surface area contributed by atoms with Gasteiger partial charge in [-0.05, 0) is 43.9 Å². The SMILES string of the molecule is C=C[C@H]1[C@@H]2C=Cc3ccccc3[C@]2(Cc2ccccc2)C(=O)N1C(C)(C)C. The zero-order valence-electron chi connectivity index (χ0n) is 16.4. The Balaban J connectivity index is 1.96. The molecule has 0 N–H and O–H groups in total. The van der Waals surface area contributed by atoms with Gasteiger partial charge in [0.05, 0.1) is 11.5 Å². The fourth-order valence-corrected chi connectivity index (χ4v) is 4.98. The first-order valence-electron chi connectivity index (χ1n) is 9.67. The second-order valence-corrected chi connectivity index (χ2v) is 8.68. The van der Waals surface area contributed by atoms with E-state index in [0.717, 1.165) is 11.1 Å². The molecule has 1 heterocycles. The van der Waals surface area contributed by atoms with Crippen LogP contribution in [0.25, 0.3) is 6.08 Å². The molecule has 0 saturated carbocycles. The maximum atomic E-state index is 14.1. The minimum atomic E-state index is -0.584. The standard InChI is InChI=1S/C25H27NO/c1-5-22-21-16-15-19-13-9-10-14-20(19)25(21,17-18-11-7-6-8-12-18)23(27)26(22)24(2,3)4/h5-16,21-22H,1,17H2,2-4H3/t21-,22-,25-/m0/s1. The third-order valence-electron chi connectivity index (χ3n) is 6.05. The van der Waals surface area contributed by atoms with Crippen LogP contribution in [-0.4, -0.2) is 22.4 Å². The predicted molar refractivity (Wildman–Crippen MR) is 111 cm³/mol. The molecule has 27 heavy (non-hydrogen) atoms. The number of hydrogen-bond acceptors (Lipinski definition) is 1. The van der Waals surface area contributed by atoms with Gasteiger partial charge >= 0.3 is 0 Å². The van der Waals surface area contributed by atoms with E-state index in [1.807, 2.05) is 18.2 Å². The Kier molecular flexibility index (Phi) is 4.10. The van der Waals surface area contributed by atoms with Crippen molar-refractivity contribution >= 4 is 12.0 Å². The van der Waals surface area contributed by atoms with Crippen molar-refractivity contribution in [1.29, 1.82) is 0 Å². The molecular weight excluding hydrogens is 330 g/mol. The van der Waals surface area contributed by atoms with E-state index >= 15 is 0 Å². The van der Waals surface area contributed by atoms with Crippen molar-refractivity contribution in [1.82, 2.24) is 4.90 Å². The molecule has 0 spiro atoms. The monoisotopic (exact) mass is 357 g/mol. The maximum Gasteiger partial charge on any atom is 0.235 e. The third kappa shape index (κ3) is 2.58. The number of rotatable bonds is 3. The Morgan fingerprint density at radius 1 is 1.07 bits per heavy atom. The normalized spacial score (nSPS) is 26.6. The largest absolute Gasteiger partial charge is 0.330 e. The summed E-state index contributed by atoms with van der Waals surface area (Å²) in [6.07, 6.45) is 7.08. The van der Waals surface area contributed by atoms with Gasteiger partial charge in [-0.25, -0.2) is 0 Å². The summed E-state index contributed by atoms with van der Waals surface area (Å²) in [7, 11) is 0. The van der Waals surface area contributed by atoms with Crippen molar-refractivity contribution < 1.29 is 4.79 Å². The number of nitrogens with zero attached hydrogens (tertiary/aromatic N) is 1. The number of carbonyl (C=O) groups excluding carboxylic acids is 1. The number of hydrogen-bond donors (Lipinski definition) is 0. The van der Waals surface area contributed by atoms with Gasteiger partial charge < -0.3 is 4.90 Å². The summed E-state index contributed by atoms with van der Waals surface area (Å²) in [4.78, 5) is 16.1. The van der Waals surface area contributed by atoms with Crippen LogP contribution >= 0.6 is 0 Å². The molecule has 2 aromatic rings. The van der Waals surface area contributed by atoms with E-state index in [2.05, 4.69) is 86.9 Å². The minimum Gasteiger partial charge on any atom is -0.330 e. The Bertz CT molecular complexity index is 905. The molecule has 0 bridgehead atoms. The van der Waals surface area contributed by atoms with E-state index < -0.39 is 5.41 Å². The summed E-state index contributed by atoms with van der Waals surface area (Å²) in [5.74, 6) is 0.294. The van der Waals surface area contributed by atoms with E-state index in [-0.39, 0.29) is 23.4 Å². The molecule has 0 aromatic heterocycles. The lowest BCUT2D eigenvalue weighted by Crippen LogP contribution is -2.50. The molecule has 2 aliphatic rings. The second kappa shape index (κ2) is 6.23. The van der Waals surface area contributed by atoms with Crippen LogP contribution in [0.3, 0.4) is 0 Å². The summed E-state index contributed by atoms with van der Waals surface area (Å²) < 4.78 is 0. The molecule has 1 saturated heterocycles. The molecule has 2 aromatic carbocycles. The first kappa shape index (κ1) is 17.8. The van der Waals surface area contributed by atoms with Crippen molar-refractivity contribution in [2.75, 3.05) is 0 Å². The van der Waals surface area contributed by atoms with Crippen molar-refractivity contribution in [2.45, 2.75) is 44.2 Å². The van der Waals surface area contributed by atoms with Gasteiger partial charge in [-0.2, -0.15) is 0 Å². The highest BCUT2D eigenvalue weighted by Gasteiger charge is 2.61. The van der Waals surface area contributed by atoms with Crippen LogP contribution in [0.2, 0.25) is 0 Å². The smallest absolute Gasteiger partial charge is 0.235 e. The highest BCUT2D eigenvalue weighted by Crippen LogP contribution is 2.52.